The summed E-state index contributed by atoms with van der Waals surface area (Å²) in [4.78, 5) is 36.4. The van der Waals surface area contributed by atoms with Crippen LogP contribution in [-0.2, 0) is 14.4 Å². The van der Waals surface area contributed by atoms with Gasteiger partial charge in [-0.2, -0.15) is 0 Å². The van der Waals surface area contributed by atoms with Gasteiger partial charge in [0, 0.05) is 7.05 Å². The van der Waals surface area contributed by atoms with Gasteiger partial charge in [-0.25, -0.2) is 0 Å². The molecule has 0 aliphatic carbocycles. The first kappa shape index (κ1) is 13.6. The van der Waals surface area contributed by atoms with Crippen molar-refractivity contribution in [1.29, 1.82) is 0 Å². The molecule has 6 heteroatoms. The van der Waals surface area contributed by atoms with Gasteiger partial charge in [-0.15, -0.1) is 0 Å². The summed E-state index contributed by atoms with van der Waals surface area (Å²) in [5, 5.41) is 4.82. The van der Waals surface area contributed by atoms with Crippen molar-refractivity contribution >= 4 is 17.6 Å². The van der Waals surface area contributed by atoms with Crippen molar-refractivity contribution < 1.29 is 14.4 Å². The highest BCUT2D eigenvalue weighted by atomic mass is 16.2. The minimum absolute atomic E-state index is 0.185. The third-order valence-corrected chi connectivity index (χ3v) is 3.03. The quantitative estimate of drug-likeness (QED) is 0.612. The molecule has 1 saturated heterocycles. The molecule has 2 amide bonds. The summed E-state index contributed by atoms with van der Waals surface area (Å²) in [5.74, 6) is -1.49. The zero-order chi connectivity index (χ0) is 13.0. The van der Waals surface area contributed by atoms with Gasteiger partial charge in [0.1, 0.15) is 0 Å². The first-order valence-electron chi connectivity index (χ1n) is 5.74. The molecule has 0 bridgehead atoms. The predicted octanol–water partition coefficient (Wildman–Crippen LogP) is -1.10. The summed E-state index contributed by atoms with van der Waals surface area (Å²) in [6.07, 6.45) is 1.77. The molecule has 1 rings (SSSR count). The Hall–Kier alpha value is -1.43. The molecular formula is C11H19N3O3. The van der Waals surface area contributed by atoms with Crippen molar-refractivity contribution in [2.24, 2.45) is 0 Å². The standard InChI is InChI=1S/C11H19N3O3/c1-7(9(15)11(17)12-2)13-10(16)8-5-4-6-14(8)3/h7-8H,4-6H2,1-3H3,(H,12,17)(H,13,16). The van der Waals surface area contributed by atoms with Gasteiger partial charge in [0.15, 0.2) is 0 Å². The van der Waals surface area contributed by atoms with E-state index in [9.17, 15) is 14.4 Å². The van der Waals surface area contributed by atoms with Crippen LogP contribution in [0.15, 0.2) is 0 Å². The maximum Gasteiger partial charge on any atom is 0.289 e. The molecule has 1 heterocycles. The molecule has 1 aliphatic rings. The average molecular weight is 241 g/mol. The Labute approximate surface area is 101 Å². The summed E-state index contributed by atoms with van der Waals surface area (Å²) in [6, 6.07) is -0.966. The van der Waals surface area contributed by atoms with Crippen molar-refractivity contribution in [3.05, 3.63) is 0 Å². The number of carbonyl (C=O) groups excluding carboxylic acids is 3. The number of carbonyl (C=O) groups is 3. The molecule has 1 aliphatic heterocycles. The van der Waals surface area contributed by atoms with E-state index >= 15 is 0 Å². The van der Waals surface area contributed by atoms with Gasteiger partial charge in [-0.05, 0) is 33.4 Å². The van der Waals surface area contributed by atoms with Gasteiger partial charge in [0.25, 0.3) is 5.91 Å². The molecule has 0 radical (unpaired) electrons. The van der Waals surface area contributed by atoms with Crippen LogP contribution in [0.2, 0.25) is 0 Å². The summed E-state index contributed by atoms with van der Waals surface area (Å²) in [6.45, 7) is 2.40. The van der Waals surface area contributed by atoms with Gasteiger partial charge in [0.2, 0.25) is 11.7 Å². The molecule has 2 atom stereocenters. The van der Waals surface area contributed by atoms with Crippen molar-refractivity contribution in [3.8, 4) is 0 Å². The predicted molar refractivity (Wildman–Crippen MR) is 62.3 cm³/mol. The van der Waals surface area contributed by atoms with Crippen LogP contribution in [-0.4, -0.2) is 55.2 Å². The number of rotatable bonds is 4. The van der Waals surface area contributed by atoms with E-state index in [-0.39, 0.29) is 11.9 Å². The van der Waals surface area contributed by atoms with Gasteiger partial charge < -0.3 is 10.6 Å². The van der Waals surface area contributed by atoms with Crippen molar-refractivity contribution in [1.82, 2.24) is 15.5 Å². The zero-order valence-corrected chi connectivity index (χ0v) is 10.4. The Morgan fingerprint density at radius 2 is 2.00 bits per heavy atom. The summed E-state index contributed by atoms with van der Waals surface area (Å²) >= 11 is 0. The van der Waals surface area contributed by atoms with Crippen LogP contribution in [0.25, 0.3) is 0 Å². The second-order valence-electron chi connectivity index (χ2n) is 4.31. The highest BCUT2D eigenvalue weighted by Crippen LogP contribution is 2.14. The molecule has 17 heavy (non-hydrogen) atoms. The fraction of sp³-hybridized carbons (Fsp3) is 0.727. The first-order valence-corrected chi connectivity index (χ1v) is 5.74. The molecule has 0 aromatic heterocycles. The molecule has 6 nitrogen and oxygen atoms in total. The Morgan fingerprint density at radius 3 is 2.47 bits per heavy atom. The SMILES string of the molecule is CNC(=O)C(=O)C(C)NC(=O)C1CCCN1C. The molecule has 2 unspecified atom stereocenters. The third-order valence-electron chi connectivity index (χ3n) is 3.03. The maximum atomic E-state index is 11.8. The second-order valence-corrected chi connectivity index (χ2v) is 4.31. The average Bonchev–Trinajstić information content (AvgIpc) is 2.73. The minimum Gasteiger partial charge on any atom is -0.353 e. The van der Waals surface area contributed by atoms with E-state index in [0.717, 1.165) is 19.4 Å². The Bertz CT molecular complexity index is 330. The second kappa shape index (κ2) is 5.77. The lowest BCUT2D eigenvalue weighted by atomic mass is 10.1. The lowest BCUT2D eigenvalue weighted by Gasteiger charge is -2.20. The largest absolute Gasteiger partial charge is 0.353 e. The van der Waals surface area contributed by atoms with Crippen LogP contribution in [0.4, 0.5) is 0 Å². The van der Waals surface area contributed by atoms with E-state index in [1.165, 1.54) is 14.0 Å². The molecule has 96 valence electrons. The van der Waals surface area contributed by atoms with E-state index in [1.807, 2.05) is 11.9 Å². The lowest BCUT2D eigenvalue weighted by molar-refractivity contribution is -0.139. The number of hydrogen-bond donors (Lipinski definition) is 2. The first-order chi connectivity index (χ1) is 7.97. The number of nitrogens with one attached hydrogen (secondary N) is 2. The fourth-order valence-electron chi connectivity index (χ4n) is 1.94. The number of Topliss-reactive ketones (excluding diaryl/α,β-unsaturated/α-hetero) is 1. The normalized spacial score (nSPS) is 21.9. The third kappa shape index (κ3) is 3.26. The molecule has 2 N–H and O–H groups in total. The summed E-state index contributed by atoms with van der Waals surface area (Å²) < 4.78 is 0. The maximum absolute atomic E-state index is 11.8. The summed E-state index contributed by atoms with van der Waals surface area (Å²) in [5.41, 5.74) is 0. The Balaban J connectivity index is 2.51. The van der Waals surface area contributed by atoms with E-state index in [4.69, 9.17) is 0 Å². The van der Waals surface area contributed by atoms with E-state index in [2.05, 4.69) is 10.6 Å². The van der Waals surface area contributed by atoms with E-state index < -0.39 is 17.7 Å². The molecule has 0 spiro atoms. The van der Waals surface area contributed by atoms with Crippen LogP contribution < -0.4 is 10.6 Å². The van der Waals surface area contributed by atoms with E-state index in [0.29, 0.717) is 0 Å². The summed E-state index contributed by atoms with van der Waals surface area (Å²) in [7, 11) is 3.27. The Morgan fingerprint density at radius 1 is 1.35 bits per heavy atom. The smallest absolute Gasteiger partial charge is 0.289 e. The number of hydrogen-bond acceptors (Lipinski definition) is 4. The van der Waals surface area contributed by atoms with Crippen LogP contribution in [0, 0.1) is 0 Å². The lowest BCUT2D eigenvalue weighted by Crippen LogP contribution is -2.50. The Kier molecular flexibility index (Phi) is 4.62. The number of amides is 2. The van der Waals surface area contributed by atoms with Crippen molar-refractivity contribution in [3.63, 3.8) is 0 Å². The van der Waals surface area contributed by atoms with Crippen LogP contribution in [0.5, 0.6) is 0 Å². The number of likely N-dealkylation sites (N-methyl/N-ethyl adjacent to an activating group) is 2. The monoisotopic (exact) mass is 241 g/mol. The number of nitrogens with zero attached hydrogens (tertiary/aromatic N) is 1. The molecular weight excluding hydrogens is 222 g/mol. The fourth-order valence-corrected chi connectivity index (χ4v) is 1.94. The van der Waals surface area contributed by atoms with Crippen molar-refractivity contribution in [2.45, 2.75) is 31.8 Å². The number of likely N-dealkylation sites (tertiary alicyclic amines) is 1. The molecule has 0 saturated carbocycles. The van der Waals surface area contributed by atoms with Crippen LogP contribution in [0.3, 0.4) is 0 Å². The van der Waals surface area contributed by atoms with Gasteiger partial charge in [-0.1, -0.05) is 0 Å². The van der Waals surface area contributed by atoms with Gasteiger partial charge in [0.05, 0.1) is 12.1 Å². The van der Waals surface area contributed by atoms with Crippen LogP contribution >= 0.6 is 0 Å². The van der Waals surface area contributed by atoms with Gasteiger partial charge >= 0.3 is 0 Å². The zero-order valence-electron chi connectivity index (χ0n) is 10.4. The highest BCUT2D eigenvalue weighted by Gasteiger charge is 2.30. The van der Waals surface area contributed by atoms with Gasteiger partial charge in [-0.3, -0.25) is 19.3 Å². The molecule has 1 fully saturated rings. The topological polar surface area (TPSA) is 78.5 Å². The minimum atomic E-state index is -0.781. The van der Waals surface area contributed by atoms with E-state index in [1.54, 1.807) is 0 Å². The van der Waals surface area contributed by atoms with Crippen LogP contribution in [0.1, 0.15) is 19.8 Å². The highest BCUT2D eigenvalue weighted by molar-refractivity contribution is 6.38. The van der Waals surface area contributed by atoms with Crippen molar-refractivity contribution in [2.75, 3.05) is 20.6 Å². The number of ketones is 1. The molecule has 0 aromatic carbocycles. The molecule has 0 aromatic rings.